The van der Waals surface area contributed by atoms with Gasteiger partial charge in [0.05, 0.1) is 0 Å². The molecule has 1 aliphatic rings. The fraction of sp³-hybridized carbons (Fsp3) is 0.500. The number of carboxylic acid groups (broad SMARTS) is 1. The number of amides is 1. The zero-order chi connectivity index (χ0) is 15.3. The molecule has 114 valence electrons. The number of rotatable bonds is 8. The van der Waals surface area contributed by atoms with Crippen LogP contribution in [0.15, 0.2) is 24.3 Å². The molecule has 2 N–H and O–H groups in total. The Morgan fingerprint density at radius 3 is 2.57 bits per heavy atom. The monoisotopic (exact) mass is 293 g/mol. The van der Waals surface area contributed by atoms with Gasteiger partial charge in [0.2, 0.25) is 5.91 Å². The first-order chi connectivity index (χ1) is 10.0. The summed E-state index contributed by atoms with van der Waals surface area (Å²) in [4.78, 5) is 22.1. The molecule has 1 aliphatic carbocycles. The number of hydrogen-bond donors (Lipinski definition) is 2. The van der Waals surface area contributed by atoms with Crippen LogP contribution in [-0.4, -0.2) is 23.5 Å². The number of halogens is 1. The molecule has 0 aliphatic heterocycles. The van der Waals surface area contributed by atoms with Crippen molar-refractivity contribution < 1.29 is 19.1 Å². The van der Waals surface area contributed by atoms with Crippen LogP contribution in [0.4, 0.5) is 4.39 Å². The topological polar surface area (TPSA) is 66.4 Å². The maximum atomic E-state index is 13.3. The summed E-state index contributed by atoms with van der Waals surface area (Å²) in [7, 11) is 0. The molecule has 0 bridgehead atoms. The number of carboxylic acids is 1. The van der Waals surface area contributed by atoms with Gasteiger partial charge in [-0.15, -0.1) is 0 Å². The molecule has 0 heterocycles. The van der Waals surface area contributed by atoms with E-state index < -0.39 is 5.97 Å². The molecule has 21 heavy (non-hydrogen) atoms. The lowest BCUT2D eigenvalue weighted by Crippen LogP contribution is -2.32. The second-order valence-electron chi connectivity index (χ2n) is 5.67. The normalized spacial score (nSPS) is 15.5. The van der Waals surface area contributed by atoms with E-state index in [2.05, 4.69) is 5.32 Å². The predicted molar refractivity (Wildman–Crippen MR) is 76.4 cm³/mol. The fourth-order valence-electron chi connectivity index (χ4n) is 2.45. The SMILES string of the molecule is O=C(O)CCCCC(=O)NCC1(c2cccc(F)c2)CC1. The molecule has 0 radical (unpaired) electrons. The maximum Gasteiger partial charge on any atom is 0.303 e. The first kappa shape index (κ1) is 15.5. The third-order valence-electron chi connectivity index (χ3n) is 3.96. The van der Waals surface area contributed by atoms with Gasteiger partial charge in [-0.3, -0.25) is 9.59 Å². The van der Waals surface area contributed by atoms with Crippen LogP contribution in [0.5, 0.6) is 0 Å². The van der Waals surface area contributed by atoms with Gasteiger partial charge >= 0.3 is 5.97 Å². The number of carbonyl (C=O) groups is 2. The predicted octanol–water partition coefficient (Wildman–Crippen LogP) is 2.62. The second kappa shape index (κ2) is 6.70. The van der Waals surface area contributed by atoms with E-state index >= 15 is 0 Å². The van der Waals surface area contributed by atoms with Crippen LogP contribution in [-0.2, 0) is 15.0 Å². The molecule has 1 saturated carbocycles. The minimum absolute atomic E-state index is 0.0666. The lowest BCUT2D eigenvalue weighted by atomic mass is 9.96. The van der Waals surface area contributed by atoms with Gasteiger partial charge in [-0.25, -0.2) is 4.39 Å². The summed E-state index contributed by atoms with van der Waals surface area (Å²) in [6.45, 7) is 0.522. The lowest BCUT2D eigenvalue weighted by Gasteiger charge is -2.16. The molecule has 0 atom stereocenters. The van der Waals surface area contributed by atoms with E-state index in [-0.39, 0.29) is 23.6 Å². The Hall–Kier alpha value is -1.91. The summed E-state index contributed by atoms with van der Waals surface area (Å²) in [6.07, 6.45) is 3.43. The van der Waals surface area contributed by atoms with Gasteiger partial charge in [-0.05, 0) is 43.4 Å². The van der Waals surface area contributed by atoms with Gasteiger partial charge in [0.1, 0.15) is 5.82 Å². The van der Waals surface area contributed by atoms with Gasteiger partial charge < -0.3 is 10.4 Å². The van der Waals surface area contributed by atoms with Crippen molar-refractivity contribution in [3.05, 3.63) is 35.6 Å². The van der Waals surface area contributed by atoms with Crippen LogP contribution in [0.1, 0.15) is 44.1 Å². The Morgan fingerprint density at radius 2 is 1.95 bits per heavy atom. The molecule has 4 nitrogen and oxygen atoms in total. The molecule has 0 unspecified atom stereocenters. The van der Waals surface area contributed by atoms with E-state index in [1.165, 1.54) is 12.1 Å². The molecule has 0 aromatic heterocycles. The van der Waals surface area contributed by atoms with E-state index in [1.54, 1.807) is 6.07 Å². The Balaban J connectivity index is 1.75. The number of benzene rings is 1. The van der Waals surface area contributed by atoms with Crippen LogP contribution in [0.25, 0.3) is 0 Å². The third-order valence-corrected chi connectivity index (χ3v) is 3.96. The van der Waals surface area contributed by atoms with E-state index in [4.69, 9.17) is 5.11 Å². The largest absolute Gasteiger partial charge is 0.481 e. The zero-order valence-corrected chi connectivity index (χ0v) is 11.9. The second-order valence-corrected chi connectivity index (χ2v) is 5.67. The van der Waals surface area contributed by atoms with Crippen molar-refractivity contribution in [2.24, 2.45) is 0 Å². The van der Waals surface area contributed by atoms with Gasteiger partial charge in [-0.1, -0.05) is 12.1 Å². The van der Waals surface area contributed by atoms with E-state index in [1.807, 2.05) is 6.07 Å². The van der Waals surface area contributed by atoms with Crippen LogP contribution >= 0.6 is 0 Å². The summed E-state index contributed by atoms with van der Waals surface area (Å²) in [5.74, 6) is -1.15. The average Bonchev–Trinajstić information content (AvgIpc) is 3.22. The highest BCUT2D eigenvalue weighted by molar-refractivity contribution is 5.76. The molecule has 1 fully saturated rings. The van der Waals surface area contributed by atoms with Crippen molar-refractivity contribution in [2.75, 3.05) is 6.54 Å². The van der Waals surface area contributed by atoms with Crippen molar-refractivity contribution >= 4 is 11.9 Å². The standard InChI is InChI=1S/C16H20FNO3/c17-13-5-3-4-12(10-13)16(8-9-16)11-18-14(19)6-1-2-7-15(20)21/h3-5,10H,1-2,6-9,11H2,(H,18,19)(H,20,21). The van der Waals surface area contributed by atoms with Crippen molar-refractivity contribution in [2.45, 2.75) is 43.9 Å². The van der Waals surface area contributed by atoms with Gasteiger partial charge in [0.15, 0.2) is 0 Å². The quantitative estimate of drug-likeness (QED) is 0.724. The summed E-state index contributed by atoms with van der Waals surface area (Å²) in [5, 5.41) is 11.4. The zero-order valence-electron chi connectivity index (χ0n) is 11.9. The minimum atomic E-state index is -0.835. The van der Waals surface area contributed by atoms with Crippen molar-refractivity contribution in [1.82, 2.24) is 5.32 Å². The Morgan fingerprint density at radius 1 is 1.24 bits per heavy atom. The smallest absolute Gasteiger partial charge is 0.303 e. The number of hydrogen-bond acceptors (Lipinski definition) is 2. The van der Waals surface area contributed by atoms with Crippen LogP contribution in [0.3, 0.4) is 0 Å². The number of carbonyl (C=O) groups excluding carboxylic acids is 1. The summed E-state index contributed by atoms with van der Waals surface area (Å²) in [6, 6.07) is 6.54. The first-order valence-electron chi connectivity index (χ1n) is 7.26. The maximum absolute atomic E-state index is 13.3. The van der Waals surface area contributed by atoms with E-state index in [0.29, 0.717) is 25.8 Å². The fourth-order valence-corrected chi connectivity index (χ4v) is 2.45. The van der Waals surface area contributed by atoms with Gasteiger partial charge in [0, 0.05) is 24.8 Å². The average molecular weight is 293 g/mol. The van der Waals surface area contributed by atoms with Crippen LogP contribution in [0.2, 0.25) is 0 Å². The molecule has 0 saturated heterocycles. The molecule has 1 aromatic carbocycles. The highest BCUT2D eigenvalue weighted by Crippen LogP contribution is 2.47. The first-order valence-corrected chi connectivity index (χ1v) is 7.26. The van der Waals surface area contributed by atoms with Crippen molar-refractivity contribution in [3.8, 4) is 0 Å². The van der Waals surface area contributed by atoms with Gasteiger partial charge in [0.25, 0.3) is 0 Å². The summed E-state index contributed by atoms with van der Waals surface area (Å²) < 4.78 is 13.3. The Kier molecular flexibility index (Phi) is 4.94. The molecular formula is C16H20FNO3. The van der Waals surface area contributed by atoms with Crippen LogP contribution < -0.4 is 5.32 Å². The molecule has 2 rings (SSSR count). The molecular weight excluding hydrogens is 273 g/mol. The van der Waals surface area contributed by atoms with Crippen molar-refractivity contribution in [1.29, 1.82) is 0 Å². The Bertz CT molecular complexity index is 526. The molecule has 0 spiro atoms. The molecule has 5 heteroatoms. The Labute approximate surface area is 123 Å². The van der Waals surface area contributed by atoms with Crippen molar-refractivity contribution in [3.63, 3.8) is 0 Å². The number of nitrogens with one attached hydrogen (secondary N) is 1. The summed E-state index contributed by atoms with van der Waals surface area (Å²) >= 11 is 0. The van der Waals surface area contributed by atoms with E-state index in [0.717, 1.165) is 18.4 Å². The third kappa shape index (κ3) is 4.55. The molecule has 1 amide bonds. The minimum Gasteiger partial charge on any atom is -0.481 e. The molecule has 1 aromatic rings. The van der Waals surface area contributed by atoms with E-state index in [9.17, 15) is 14.0 Å². The lowest BCUT2D eigenvalue weighted by molar-refractivity contribution is -0.137. The van der Waals surface area contributed by atoms with Crippen LogP contribution in [0, 0.1) is 5.82 Å². The number of unbranched alkanes of at least 4 members (excludes halogenated alkanes) is 1. The summed E-state index contributed by atoms with van der Waals surface area (Å²) in [5.41, 5.74) is 0.826. The highest BCUT2D eigenvalue weighted by Gasteiger charge is 2.44. The highest BCUT2D eigenvalue weighted by atomic mass is 19.1. The van der Waals surface area contributed by atoms with Gasteiger partial charge in [-0.2, -0.15) is 0 Å². The number of aliphatic carboxylic acids is 1.